The largest absolute Gasteiger partial charge is 0.356 e. The summed E-state index contributed by atoms with van der Waals surface area (Å²) < 4.78 is 0. The van der Waals surface area contributed by atoms with E-state index in [9.17, 15) is 0 Å². The second-order valence-electron chi connectivity index (χ2n) is 8.92. The van der Waals surface area contributed by atoms with Crippen LogP contribution in [-0.4, -0.2) is 68.1 Å². The van der Waals surface area contributed by atoms with E-state index in [1.807, 2.05) is 19.2 Å². The van der Waals surface area contributed by atoms with Gasteiger partial charge in [-0.05, 0) is 63.2 Å². The number of nitrogens with one attached hydrogen (secondary N) is 2. The fourth-order valence-electron chi connectivity index (χ4n) is 4.46. The minimum absolute atomic E-state index is 0. The molecular formula is C24H39ClIN5. The highest BCUT2D eigenvalue weighted by Crippen LogP contribution is 2.22. The van der Waals surface area contributed by atoms with Crippen molar-refractivity contribution in [3.8, 4) is 0 Å². The summed E-state index contributed by atoms with van der Waals surface area (Å²) in [6.07, 6.45) is 4.75. The maximum absolute atomic E-state index is 6.32. The molecule has 2 aliphatic rings. The van der Waals surface area contributed by atoms with Gasteiger partial charge in [-0.15, -0.1) is 24.0 Å². The molecule has 1 aromatic rings. The normalized spacial score (nSPS) is 19.6. The fourth-order valence-corrected chi connectivity index (χ4v) is 4.66. The van der Waals surface area contributed by atoms with E-state index >= 15 is 0 Å². The third kappa shape index (κ3) is 8.91. The van der Waals surface area contributed by atoms with Gasteiger partial charge < -0.3 is 10.6 Å². The van der Waals surface area contributed by atoms with E-state index in [2.05, 4.69) is 51.1 Å². The highest BCUT2D eigenvalue weighted by atomic mass is 127. The van der Waals surface area contributed by atoms with E-state index in [-0.39, 0.29) is 24.0 Å². The first-order valence-electron chi connectivity index (χ1n) is 11.3. The van der Waals surface area contributed by atoms with Gasteiger partial charge in [-0.2, -0.15) is 0 Å². The lowest BCUT2D eigenvalue weighted by Crippen LogP contribution is -2.50. The van der Waals surface area contributed by atoms with Crippen molar-refractivity contribution >= 4 is 41.5 Å². The molecule has 174 valence electrons. The lowest BCUT2D eigenvalue weighted by Gasteiger charge is -2.34. The Hall–Kier alpha value is -0.830. The molecule has 0 bridgehead atoms. The number of nitrogens with zero attached hydrogens (tertiary/aromatic N) is 3. The van der Waals surface area contributed by atoms with Gasteiger partial charge in [-0.25, -0.2) is 0 Å². The second-order valence-corrected chi connectivity index (χ2v) is 9.32. The van der Waals surface area contributed by atoms with Gasteiger partial charge in [0.25, 0.3) is 0 Å². The van der Waals surface area contributed by atoms with Crippen molar-refractivity contribution in [2.75, 3.05) is 46.3 Å². The first kappa shape index (κ1) is 26.4. The molecule has 2 saturated heterocycles. The van der Waals surface area contributed by atoms with E-state index in [1.54, 1.807) is 0 Å². The molecule has 2 heterocycles. The van der Waals surface area contributed by atoms with Crippen molar-refractivity contribution in [2.24, 2.45) is 10.9 Å². The highest BCUT2D eigenvalue weighted by molar-refractivity contribution is 14.0. The summed E-state index contributed by atoms with van der Waals surface area (Å²) >= 11 is 6.32. The van der Waals surface area contributed by atoms with E-state index in [0.29, 0.717) is 12.0 Å². The van der Waals surface area contributed by atoms with Gasteiger partial charge in [0.05, 0.1) is 0 Å². The predicted octanol–water partition coefficient (Wildman–Crippen LogP) is 4.38. The summed E-state index contributed by atoms with van der Waals surface area (Å²) in [6.45, 7) is 13.6. The highest BCUT2D eigenvalue weighted by Gasteiger charge is 2.22. The molecule has 0 atom stereocenters. The molecule has 1 aromatic carbocycles. The Bertz CT molecular complexity index is 710. The number of likely N-dealkylation sites (tertiary alicyclic amines) is 2. The van der Waals surface area contributed by atoms with Crippen molar-refractivity contribution in [3.63, 3.8) is 0 Å². The van der Waals surface area contributed by atoms with E-state index in [1.165, 1.54) is 24.0 Å². The van der Waals surface area contributed by atoms with E-state index < -0.39 is 0 Å². The number of hydrogen-bond acceptors (Lipinski definition) is 3. The topological polar surface area (TPSA) is 42.9 Å². The van der Waals surface area contributed by atoms with Gasteiger partial charge in [0, 0.05) is 50.8 Å². The molecule has 0 saturated carbocycles. The lowest BCUT2D eigenvalue weighted by molar-refractivity contribution is 0.178. The van der Waals surface area contributed by atoms with Crippen LogP contribution < -0.4 is 10.6 Å². The van der Waals surface area contributed by atoms with Crippen LogP contribution in [0.5, 0.6) is 0 Å². The molecule has 2 fully saturated rings. The monoisotopic (exact) mass is 559 g/mol. The van der Waals surface area contributed by atoms with Crippen LogP contribution in [0.4, 0.5) is 0 Å². The molecule has 3 rings (SSSR count). The Kier molecular flexibility index (Phi) is 11.6. The zero-order valence-electron chi connectivity index (χ0n) is 19.1. The summed E-state index contributed by atoms with van der Waals surface area (Å²) in [7, 11) is 1.87. The zero-order valence-corrected chi connectivity index (χ0v) is 22.2. The standard InChI is InChI=1S/C24H38ClN5.HI/c1-19(2)17-29-14-10-22(11-15-29)28-24(26-3)27-16-20-8-12-30(13-9-20)18-21-6-4-5-7-23(21)25;/h4-7,20,22H,1,8-18H2,2-3H3,(H2,26,27,28);1H. The smallest absolute Gasteiger partial charge is 0.191 e. The van der Waals surface area contributed by atoms with Gasteiger partial charge in [-0.3, -0.25) is 14.8 Å². The molecule has 7 heteroatoms. The molecule has 0 aromatic heterocycles. The lowest BCUT2D eigenvalue weighted by atomic mass is 9.96. The van der Waals surface area contributed by atoms with Crippen LogP contribution in [0, 0.1) is 5.92 Å². The summed E-state index contributed by atoms with van der Waals surface area (Å²) in [5.41, 5.74) is 2.48. The van der Waals surface area contributed by atoms with Gasteiger partial charge in [0.1, 0.15) is 0 Å². The van der Waals surface area contributed by atoms with Crippen molar-refractivity contribution in [1.82, 2.24) is 20.4 Å². The Balaban J connectivity index is 0.00000341. The van der Waals surface area contributed by atoms with Crippen LogP contribution in [0.1, 0.15) is 38.2 Å². The second kappa shape index (κ2) is 13.7. The minimum atomic E-state index is 0. The van der Waals surface area contributed by atoms with Crippen LogP contribution in [0.3, 0.4) is 0 Å². The van der Waals surface area contributed by atoms with Crippen molar-refractivity contribution in [1.29, 1.82) is 0 Å². The van der Waals surface area contributed by atoms with Crippen molar-refractivity contribution in [2.45, 2.75) is 45.2 Å². The third-order valence-electron chi connectivity index (χ3n) is 6.26. The van der Waals surface area contributed by atoms with Crippen molar-refractivity contribution in [3.05, 3.63) is 47.0 Å². The molecule has 0 spiro atoms. The summed E-state index contributed by atoms with van der Waals surface area (Å²) in [5, 5.41) is 8.08. The van der Waals surface area contributed by atoms with E-state index in [4.69, 9.17) is 11.6 Å². The average Bonchev–Trinajstić information content (AvgIpc) is 2.74. The molecule has 31 heavy (non-hydrogen) atoms. The summed E-state index contributed by atoms with van der Waals surface area (Å²) in [4.78, 5) is 9.47. The van der Waals surface area contributed by atoms with Gasteiger partial charge in [-0.1, -0.05) is 42.0 Å². The van der Waals surface area contributed by atoms with Crippen LogP contribution in [0.2, 0.25) is 5.02 Å². The maximum Gasteiger partial charge on any atom is 0.191 e. The fraction of sp³-hybridized carbons (Fsp3) is 0.625. The Labute approximate surface area is 210 Å². The molecule has 0 unspecified atom stereocenters. The quantitative estimate of drug-likeness (QED) is 0.225. The third-order valence-corrected chi connectivity index (χ3v) is 6.63. The molecule has 0 aliphatic carbocycles. The van der Waals surface area contributed by atoms with Crippen LogP contribution in [0.15, 0.2) is 41.4 Å². The first-order valence-corrected chi connectivity index (χ1v) is 11.7. The number of guanidine groups is 1. The first-order chi connectivity index (χ1) is 14.5. The SMILES string of the molecule is C=C(C)CN1CCC(NC(=NC)NCC2CCN(Cc3ccccc3Cl)CC2)CC1.I. The van der Waals surface area contributed by atoms with Gasteiger partial charge >= 0.3 is 0 Å². The van der Waals surface area contributed by atoms with Crippen molar-refractivity contribution < 1.29 is 0 Å². The molecule has 0 amide bonds. The average molecular weight is 560 g/mol. The van der Waals surface area contributed by atoms with Crippen LogP contribution >= 0.6 is 35.6 Å². The molecule has 2 aliphatic heterocycles. The number of halogens is 2. The van der Waals surface area contributed by atoms with Crippen LogP contribution in [-0.2, 0) is 6.54 Å². The number of rotatable bonds is 7. The Morgan fingerprint density at radius 3 is 2.35 bits per heavy atom. The number of piperidine rings is 2. The molecule has 0 radical (unpaired) electrons. The molecular weight excluding hydrogens is 521 g/mol. The number of aliphatic imine (C=N–C) groups is 1. The number of hydrogen-bond donors (Lipinski definition) is 2. The Morgan fingerprint density at radius 1 is 1.10 bits per heavy atom. The summed E-state index contributed by atoms with van der Waals surface area (Å²) in [6, 6.07) is 8.69. The maximum atomic E-state index is 6.32. The van der Waals surface area contributed by atoms with Gasteiger partial charge in [0.15, 0.2) is 5.96 Å². The number of benzene rings is 1. The summed E-state index contributed by atoms with van der Waals surface area (Å²) in [5.74, 6) is 1.65. The van der Waals surface area contributed by atoms with Crippen LogP contribution in [0.25, 0.3) is 0 Å². The zero-order chi connectivity index (χ0) is 21.3. The van der Waals surface area contributed by atoms with Gasteiger partial charge in [0.2, 0.25) is 0 Å². The molecule has 5 nitrogen and oxygen atoms in total. The van der Waals surface area contributed by atoms with E-state index in [0.717, 1.165) is 69.6 Å². The minimum Gasteiger partial charge on any atom is -0.356 e. The Morgan fingerprint density at radius 2 is 1.74 bits per heavy atom. The molecule has 2 N–H and O–H groups in total. The predicted molar refractivity (Wildman–Crippen MR) is 144 cm³/mol.